The second-order valence-electron chi connectivity index (χ2n) is 11.9. The number of esters is 1. The van der Waals surface area contributed by atoms with Gasteiger partial charge in [-0.1, -0.05) is 115 Å². The normalized spacial score (nSPS) is 10.7. The molecule has 0 spiro atoms. The number of anilines is 2. The predicted molar refractivity (Wildman–Crippen MR) is 187 cm³/mol. The van der Waals surface area contributed by atoms with Crippen molar-refractivity contribution in [3.05, 3.63) is 83.9 Å². The molecule has 7 nitrogen and oxygen atoms in total. The zero-order valence-electron chi connectivity index (χ0n) is 27.8. The van der Waals surface area contributed by atoms with E-state index in [9.17, 15) is 14.4 Å². The molecule has 0 saturated carbocycles. The van der Waals surface area contributed by atoms with Crippen LogP contribution in [0, 0.1) is 0 Å². The van der Waals surface area contributed by atoms with Gasteiger partial charge in [0.25, 0.3) is 5.91 Å². The number of carbonyl (C=O) groups excluding carboxylic acids is 3. The lowest BCUT2D eigenvalue weighted by molar-refractivity contribution is -0.116. The molecule has 0 aliphatic rings. The Bertz CT molecular complexity index is 1320. The summed E-state index contributed by atoms with van der Waals surface area (Å²) < 4.78 is 10.8. The highest BCUT2D eigenvalue weighted by Gasteiger charge is 2.15. The summed E-state index contributed by atoms with van der Waals surface area (Å²) in [4.78, 5) is 37.7. The quantitative estimate of drug-likeness (QED) is 0.0853. The topological polar surface area (TPSA) is 93.7 Å². The fourth-order valence-corrected chi connectivity index (χ4v) is 5.36. The number of hydrogen-bond donors (Lipinski definition) is 2. The fourth-order valence-electron chi connectivity index (χ4n) is 5.36. The first kappa shape index (κ1) is 36.3. The van der Waals surface area contributed by atoms with Crippen molar-refractivity contribution < 1.29 is 23.9 Å². The average molecular weight is 629 g/mol. The summed E-state index contributed by atoms with van der Waals surface area (Å²) in [5.41, 5.74) is 1.65. The largest absolute Gasteiger partial charge is 0.465 e. The highest BCUT2D eigenvalue weighted by atomic mass is 16.5. The minimum atomic E-state index is -0.522. The van der Waals surface area contributed by atoms with E-state index in [1.807, 2.05) is 18.2 Å². The van der Waals surface area contributed by atoms with Gasteiger partial charge in [0, 0.05) is 17.7 Å². The summed E-state index contributed by atoms with van der Waals surface area (Å²) in [6, 6.07) is 20.6. The van der Waals surface area contributed by atoms with Crippen molar-refractivity contribution in [2.45, 2.75) is 110 Å². The molecule has 3 rings (SSSR count). The third kappa shape index (κ3) is 13.9. The van der Waals surface area contributed by atoms with E-state index in [4.69, 9.17) is 9.47 Å². The van der Waals surface area contributed by atoms with Gasteiger partial charge in [-0.2, -0.15) is 0 Å². The molecule has 7 heteroatoms. The van der Waals surface area contributed by atoms with Crippen molar-refractivity contribution in [3.63, 3.8) is 0 Å². The third-order valence-corrected chi connectivity index (χ3v) is 8.06. The molecule has 3 aromatic rings. The van der Waals surface area contributed by atoms with Gasteiger partial charge in [-0.15, -0.1) is 0 Å². The molecule has 248 valence electrons. The molecule has 0 fully saturated rings. The molecule has 0 aliphatic heterocycles. The maximum Gasteiger partial charge on any atom is 0.337 e. The number of unbranched alkanes of at least 4 members (excludes halogenated alkanes) is 14. The molecule has 46 heavy (non-hydrogen) atoms. The van der Waals surface area contributed by atoms with Crippen LogP contribution in [0.25, 0.3) is 0 Å². The van der Waals surface area contributed by atoms with Crippen molar-refractivity contribution in [2.24, 2.45) is 0 Å². The molecule has 0 heterocycles. The average Bonchev–Trinajstić information content (AvgIpc) is 3.07. The van der Waals surface area contributed by atoms with Gasteiger partial charge in [0.2, 0.25) is 5.91 Å². The van der Waals surface area contributed by atoms with Crippen LogP contribution in [0.15, 0.2) is 72.8 Å². The number of amides is 2. The molecule has 0 bridgehead atoms. The summed E-state index contributed by atoms with van der Waals surface area (Å²) in [6.45, 7) is 2.27. The number of nitrogens with one attached hydrogen (secondary N) is 2. The van der Waals surface area contributed by atoms with E-state index in [-0.39, 0.29) is 17.4 Å². The summed E-state index contributed by atoms with van der Waals surface area (Å²) in [5, 5.41) is 5.77. The van der Waals surface area contributed by atoms with Gasteiger partial charge in [0.05, 0.1) is 18.4 Å². The van der Waals surface area contributed by atoms with Crippen LogP contribution in [0.4, 0.5) is 11.4 Å². The number of carbonyl (C=O) groups is 3. The summed E-state index contributed by atoms with van der Waals surface area (Å²) in [5.74, 6) is 0.0548. The smallest absolute Gasteiger partial charge is 0.337 e. The standard InChI is InChI=1S/C39H52N2O5/c1-3-4-5-6-7-8-9-10-11-12-13-14-15-16-20-23-37(42)40-33-27-24-31(25-28-33)38(43)41-35-30-32(39(44)45-2)26-29-36(35)46-34-21-18-17-19-22-34/h17-19,21-22,24-30H,3-16,20,23H2,1-2H3,(H,40,42)(H,41,43). The second-order valence-corrected chi connectivity index (χ2v) is 11.9. The molecule has 0 aromatic heterocycles. The zero-order valence-corrected chi connectivity index (χ0v) is 27.8. The van der Waals surface area contributed by atoms with Gasteiger partial charge in [-0.25, -0.2) is 4.79 Å². The van der Waals surface area contributed by atoms with Gasteiger partial charge in [-0.3, -0.25) is 9.59 Å². The Labute approximate surface area is 275 Å². The number of ether oxygens (including phenoxy) is 2. The van der Waals surface area contributed by atoms with Gasteiger partial charge in [0.15, 0.2) is 5.75 Å². The van der Waals surface area contributed by atoms with Crippen LogP contribution in [0.5, 0.6) is 11.5 Å². The first-order chi connectivity index (χ1) is 22.5. The summed E-state index contributed by atoms with van der Waals surface area (Å²) >= 11 is 0. The van der Waals surface area contributed by atoms with Crippen LogP contribution in [-0.2, 0) is 9.53 Å². The minimum Gasteiger partial charge on any atom is -0.465 e. The maximum atomic E-state index is 13.1. The van der Waals surface area contributed by atoms with E-state index in [1.54, 1.807) is 48.5 Å². The van der Waals surface area contributed by atoms with Crippen molar-refractivity contribution in [1.82, 2.24) is 0 Å². The second kappa shape index (κ2) is 21.6. The monoisotopic (exact) mass is 628 g/mol. The van der Waals surface area contributed by atoms with Crippen LogP contribution in [0.1, 0.15) is 130 Å². The van der Waals surface area contributed by atoms with Gasteiger partial charge >= 0.3 is 5.97 Å². The highest BCUT2D eigenvalue weighted by molar-refractivity contribution is 6.06. The van der Waals surface area contributed by atoms with Crippen molar-refractivity contribution in [2.75, 3.05) is 17.7 Å². The van der Waals surface area contributed by atoms with E-state index in [0.29, 0.717) is 34.9 Å². The number of para-hydroxylation sites is 1. The number of hydrogen-bond acceptors (Lipinski definition) is 5. The van der Waals surface area contributed by atoms with Crippen molar-refractivity contribution in [1.29, 1.82) is 0 Å². The third-order valence-electron chi connectivity index (χ3n) is 8.06. The summed E-state index contributed by atoms with van der Waals surface area (Å²) in [7, 11) is 1.30. The molecule has 0 unspecified atom stereocenters. The van der Waals surface area contributed by atoms with Crippen LogP contribution in [0.2, 0.25) is 0 Å². The number of methoxy groups -OCH3 is 1. The molecular weight excluding hydrogens is 576 g/mol. The van der Waals surface area contributed by atoms with E-state index in [1.165, 1.54) is 96.6 Å². The molecule has 0 saturated heterocycles. The Morgan fingerprint density at radius 1 is 0.609 bits per heavy atom. The lowest BCUT2D eigenvalue weighted by atomic mass is 10.0. The molecule has 2 amide bonds. The first-order valence-corrected chi connectivity index (χ1v) is 17.2. The van der Waals surface area contributed by atoms with Gasteiger partial charge in [-0.05, 0) is 61.0 Å². The van der Waals surface area contributed by atoms with Crippen LogP contribution < -0.4 is 15.4 Å². The number of rotatable bonds is 22. The number of benzene rings is 3. The molecule has 0 aliphatic carbocycles. The lowest BCUT2D eigenvalue weighted by Crippen LogP contribution is -2.14. The Morgan fingerprint density at radius 3 is 1.72 bits per heavy atom. The molecular formula is C39H52N2O5. The van der Waals surface area contributed by atoms with Crippen LogP contribution >= 0.6 is 0 Å². The van der Waals surface area contributed by atoms with E-state index < -0.39 is 5.97 Å². The highest BCUT2D eigenvalue weighted by Crippen LogP contribution is 2.31. The Kier molecular flexibility index (Phi) is 17.0. The Morgan fingerprint density at radius 2 is 1.15 bits per heavy atom. The maximum absolute atomic E-state index is 13.1. The Hall–Kier alpha value is -4.13. The van der Waals surface area contributed by atoms with Crippen molar-refractivity contribution >= 4 is 29.2 Å². The van der Waals surface area contributed by atoms with Gasteiger partial charge in [0.1, 0.15) is 5.75 Å². The van der Waals surface area contributed by atoms with Crippen LogP contribution in [0.3, 0.4) is 0 Å². The lowest BCUT2D eigenvalue weighted by Gasteiger charge is -2.14. The van der Waals surface area contributed by atoms with Gasteiger partial charge < -0.3 is 20.1 Å². The SMILES string of the molecule is CCCCCCCCCCCCCCCCCC(=O)Nc1ccc(C(=O)Nc2cc(C(=O)OC)ccc2Oc2ccccc2)cc1. The fraction of sp³-hybridized carbons (Fsp3) is 0.462. The predicted octanol–water partition coefficient (Wildman–Crippen LogP) is 10.7. The van der Waals surface area contributed by atoms with Crippen molar-refractivity contribution in [3.8, 4) is 11.5 Å². The molecule has 3 aromatic carbocycles. The summed E-state index contributed by atoms with van der Waals surface area (Å²) in [6.07, 6.45) is 19.9. The van der Waals surface area contributed by atoms with E-state index in [2.05, 4.69) is 17.6 Å². The van der Waals surface area contributed by atoms with E-state index >= 15 is 0 Å². The van der Waals surface area contributed by atoms with Crippen LogP contribution in [-0.4, -0.2) is 24.9 Å². The molecule has 2 N–H and O–H groups in total. The molecule has 0 atom stereocenters. The first-order valence-electron chi connectivity index (χ1n) is 17.2. The Balaban J connectivity index is 1.35. The van der Waals surface area contributed by atoms with E-state index in [0.717, 1.165) is 12.8 Å². The molecule has 0 radical (unpaired) electrons. The minimum absolute atomic E-state index is 0.0192. The zero-order chi connectivity index (χ0) is 32.8.